The quantitative estimate of drug-likeness (QED) is 0.687. The summed E-state index contributed by atoms with van der Waals surface area (Å²) in [5.74, 6) is -1.30. The van der Waals surface area contributed by atoms with Crippen LogP contribution in [0.15, 0.2) is 48.7 Å². The Balaban J connectivity index is 1.78. The Kier molecular flexibility index (Phi) is 4.60. The Morgan fingerprint density at radius 2 is 1.68 bits per heavy atom. The number of anilines is 4. The zero-order valence-corrected chi connectivity index (χ0v) is 13.1. The van der Waals surface area contributed by atoms with Crippen molar-refractivity contribution in [2.24, 2.45) is 0 Å². The molecule has 2 aromatic carbocycles. The molecule has 6 nitrogen and oxygen atoms in total. The molecule has 0 saturated heterocycles. The zero-order chi connectivity index (χ0) is 17.8. The molecule has 0 aliphatic heterocycles. The molecule has 126 valence electrons. The van der Waals surface area contributed by atoms with Gasteiger partial charge in [-0.3, -0.25) is 4.79 Å². The number of carbonyl (C=O) groups is 1. The summed E-state index contributed by atoms with van der Waals surface area (Å²) in [7, 11) is 0. The summed E-state index contributed by atoms with van der Waals surface area (Å²) >= 11 is 0. The lowest BCUT2D eigenvalue weighted by atomic mass is 10.1. The summed E-state index contributed by atoms with van der Waals surface area (Å²) < 4.78 is 27.3. The number of hydrogen-bond acceptors (Lipinski definition) is 6. The number of nitrogens with one attached hydrogen (secondary N) is 2. The van der Waals surface area contributed by atoms with Gasteiger partial charge in [0.05, 0.1) is 6.20 Å². The third-order valence-corrected chi connectivity index (χ3v) is 3.32. The van der Waals surface area contributed by atoms with Crippen molar-refractivity contribution in [1.82, 2.24) is 15.2 Å². The van der Waals surface area contributed by atoms with E-state index in [0.717, 1.165) is 12.1 Å². The van der Waals surface area contributed by atoms with E-state index < -0.39 is 11.6 Å². The van der Waals surface area contributed by atoms with E-state index in [9.17, 15) is 13.6 Å². The van der Waals surface area contributed by atoms with Crippen LogP contribution < -0.4 is 10.6 Å². The molecule has 0 atom stereocenters. The molecule has 1 heterocycles. The fourth-order valence-corrected chi connectivity index (χ4v) is 2.08. The second-order valence-corrected chi connectivity index (χ2v) is 5.15. The molecule has 0 aliphatic rings. The maximum Gasteiger partial charge on any atom is 0.249 e. The average Bonchev–Trinajstić information content (AvgIpc) is 2.59. The normalized spacial score (nSPS) is 10.4. The lowest BCUT2D eigenvalue weighted by Gasteiger charge is -2.09. The zero-order valence-electron chi connectivity index (χ0n) is 13.1. The number of hydrogen-bond donors (Lipinski definition) is 2. The number of aromatic nitrogens is 3. The summed E-state index contributed by atoms with van der Waals surface area (Å²) in [6.07, 6.45) is 1.36. The van der Waals surface area contributed by atoms with Crippen molar-refractivity contribution < 1.29 is 13.6 Å². The number of halogens is 2. The van der Waals surface area contributed by atoms with E-state index in [1.807, 2.05) is 0 Å². The van der Waals surface area contributed by atoms with Gasteiger partial charge in [-0.15, -0.1) is 5.10 Å². The number of ketones is 1. The topological polar surface area (TPSA) is 79.8 Å². The second kappa shape index (κ2) is 7.00. The van der Waals surface area contributed by atoms with Crippen LogP contribution in [0.1, 0.15) is 17.3 Å². The van der Waals surface area contributed by atoms with Crippen LogP contribution in [0.2, 0.25) is 0 Å². The maximum atomic E-state index is 13.7. The van der Waals surface area contributed by atoms with Crippen LogP contribution in [-0.2, 0) is 0 Å². The van der Waals surface area contributed by atoms with Crippen LogP contribution in [0, 0.1) is 11.6 Å². The highest BCUT2D eigenvalue weighted by molar-refractivity contribution is 5.94. The predicted molar refractivity (Wildman–Crippen MR) is 89.2 cm³/mol. The highest BCUT2D eigenvalue weighted by Crippen LogP contribution is 2.22. The molecular formula is C17H13F2N5O. The molecule has 25 heavy (non-hydrogen) atoms. The predicted octanol–water partition coefficient (Wildman–Crippen LogP) is 3.84. The van der Waals surface area contributed by atoms with Crippen molar-refractivity contribution in [2.75, 3.05) is 10.6 Å². The smallest absolute Gasteiger partial charge is 0.249 e. The van der Waals surface area contributed by atoms with Crippen molar-refractivity contribution >= 4 is 28.9 Å². The molecule has 0 aliphatic carbocycles. The molecule has 3 rings (SSSR count). The molecule has 0 unspecified atom stereocenters. The second-order valence-electron chi connectivity index (χ2n) is 5.15. The average molecular weight is 341 g/mol. The van der Waals surface area contributed by atoms with Crippen molar-refractivity contribution in [1.29, 1.82) is 0 Å². The molecular weight excluding hydrogens is 328 g/mol. The number of para-hydroxylation sites is 1. The number of Topliss-reactive ketones (excluding diaryl/α,β-unsaturated/α-hetero) is 1. The lowest BCUT2D eigenvalue weighted by Crippen LogP contribution is -2.05. The molecule has 0 bridgehead atoms. The van der Waals surface area contributed by atoms with Gasteiger partial charge in [0, 0.05) is 11.3 Å². The fraction of sp³-hybridized carbons (Fsp3) is 0.0588. The Hall–Kier alpha value is -3.42. The van der Waals surface area contributed by atoms with E-state index in [1.165, 1.54) is 19.2 Å². The number of nitrogens with zero attached hydrogens (tertiary/aromatic N) is 3. The minimum Gasteiger partial charge on any atom is -0.339 e. The van der Waals surface area contributed by atoms with Gasteiger partial charge in [0.15, 0.2) is 11.6 Å². The summed E-state index contributed by atoms with van der Waals surface area (Å²) in [5, 5.41) is 12.9. The molecule has 3 aromatic rings. The first-order valence-corrected chi connectivity index (χ1v) is 7.32. The van der Waals surface area contributed by atoms with Gasteiger partial charge in [0.1, 0.15) is 17.3 Å². The molecule has 0 fully saturated rings. The Bertz CT molecular complexity index is 895. The van der Waals surface area contributed by atoms with E-state index in [-0.39, 0.29) is 17.4 Å². The Morgan fingerprint density at radius 1 is 1.00 bits per heavy atom. The number of benzene rings is 2. The van der Waals surface area contributed by atoms with Crippen molar-refractivity contribution in [3.8, 4) is 0 Å². The minimum absolute atomic E-state index is 0.0337. The number of carbonyl (C=O) groups excluding carboxylic acids is 1. The maximum absolute atomic E-state index is 13.7. The third-order valence-electron chi connectivity index (χ3n) is 3.32. The summed E-state index contributed by atoms with van der Waals surface area (Å²) in [4.78, 5) is 15.4. The highest BCUT2D eigenvalue weighted by Gasteiger charge is 2.10. The first-order valence-electron chi connectivity index (χ1n) is 7.32. The van der Waals surface area contributed by atoms with Gasteiger partial charge >= 0.3 is 0 Å². The molecule has 0 spiro atoms. The summed E-state index contributed by atoms with van der Waals surface area (Å²) in [6, 6.07) is 10.3. The first kappa shape index (κ1) is 16.4. The molecule has 0 amide bonds. The van der Waals surface area contributed by atoms with Gasteiger partial charge in [-0.05, 0) is 43.3 Å². The Labute approximate surface area is 141 Å². The van der Waals surface area contributed by atoms with Crippen LogP contribution >= 0.6 is 0 Å². The fourth-order valence-electron chi connectivity index (χ4n) is 2.08. The van der Waals surface area contributed by atoms with Crippen molar-refractivity contribution in [3.05, 3.63) is 65.9 Å². The summed E-state index contributed by atoms with van der Waals surface area (Å²) in [6.45, 7) is 1.48. The van der Waals surface area contributed by atoms with Crippen molar-refractivity contribution in [3.63, 3.8) is 0 Å². The van der Waals surface area contributed by atoms with Gasteiger partial charge in [0.25, 0.3) is 0 Å². The van der Waals surface area contributed by atoms with Crippen molar-refractivity contribution in [2.45, 2.75) is 6.92 Å². The van der Waals surface area contributed by atoms with Gasteiger partial charge in [0.2, 0.25) is 5.95 Å². The number of rotatable bonds is 5. The summed E-state index contributed by atoms with van der Waals surface area (Å²) in [5.41, 5.74) is 0.907. The van der Waals surface area contributed by atoms with E-state index >= 15 is 0 Å². The van der Waals surface area contributed by atoms with Crippen LogP contribution in [0.3, 0.4) is 0 Å². The SMILES string of the molecule is CC(=O)c1ccc(Nc2cnnc(Nc3c(F)cccc3F)n2)cc1. The Morgan fingerprint density at radius 3 is 2.32 bits per heavy atom. The van der Waals surface area contributed by atoms with Crippen LogP contribution in [-0.4, -0.2) is 21.0 Å². The van der Waals surface area contributed by atoms with Crippen LogP contribution in [0.25, 0.3) is 0 Å². The molecule has 2 N–H and O–H groups in total. The highest BCUT2D eigenvalue weighted by atomic mass is 19.1. The van der Waals surface area contributed by atoms with Gasteiger partial charge in [-0.2, -0.15) is 10.1 Å². The minimum atomic E-state index is -0.762. The van der Waals surface area contributed by atoms with E-state index in [0.29, 0.717) is 17.1 Å². The molecule has 1 aromatic heterocycles. The van der Waals surface area contributed by atoms with Crippen LogP contribution in [0.4, 0.5) is 31.9 Å². The standard InChI is InChI=1S/C17H13F2N5O/c1-10(25)11-5-7-12(8-6-11)21-15-9-20-24-17(22-15)23-16-13(18)3-2-4-14(16)19/h2-9H,1H3,(H2,21,22,23,24). The molecule has 0 saturated carbocycles. The van der Waals surface area contributed by atoms with Gasteiger partial charge < -0.3 is 10.6 Å². The van der Waals surface area contributed by atoms with E-state index in [2.05, 4.69) is 25.8 Å². The third kappa shape index (κ3) is 3.92. The van der Waals surface area contributed by atoms with Gasteiger partial charge in [-0.25, -0.2) is 8.78 Å². The first-order chi connectivity index (χ1) is 12.0. The van der Waals surface area contributed by atoms with Crippen LogP contribution in [0.5, 0.6) is 0 Å². The molecule has 0 radical (unpaired) electrons. The lowest BCUT2D eigenvalue weighted by molar-refractivity contribution is 0.101. The monoisotopic (exact) mass is 341 g/mol. The largest absolute Gasteiger partial charge is 0.339 e. The van der Waals surface area contributed by atoms with E-state index in [4.69, 9.17) is 0 Å². The molecule has 8 heteroatoms. The van der Waals surface area contributed by atoms with Gasteiger partial charge in [-0.1, -0.05) is 6.07 Å². The van der Waals surface area contributed by atoms with E-state index in [1.54, 1.807) is 24.3 Å².